The number of nitrogens with one attached hydrogen (secondary N) is 1. The number of thiophene rings is 1. The molecule has 2 heterocycles. The van der Waals surface area contributed by atoms with E-state index < -0.39 is 29.7 Å². The van der Waals surface area contributed by atoms with Crippen LogP contribution in [0.1, 0.15) is 15.2 Å². The topological polar surface area (TPSA) is 135 Å². The summed E-state index contributed by atoms with van der Waals surface area (Å²) in [7, 11) is 0. The van der Waals surface area contributed by atoms with Crippen LogP contribution in [0.3, 0.4) is 0 Å². The molecular weight excluding hydrogens is 364 g/mol. The molecule has 0 aliphatic carbocycles. The summed E-state index contributed by atoms with van der Waals surface area (Å²) in [5.41, 5.74) is 3.12. The highest BCUT2D eigenvalue weighted by atomic mass is 32.1. The molecule has 0 aliphatic heterocycles. The van der Waals surface area contributed by atoms with E-state index in [1.807, 2.05) is 0 Å². The Hall–Kier alpha value is -3.40. The standard InChI is InChI=1S/C16H12N2O7S/c1-7-11(25-6-10(19)20)13(16(23)24)26-12(7)8-2-4-9(5-3-8)17-18-14(21)15(18)22/h2-5,17H,6H2,1H3,(H,19,20)(H,23,24). The number of carboxylic acid groups (broad SMARTS) is 2. The van der Waals surface area contributed by atoms with Gasteiger partial charge in [0.2, 0.25) is 0 Å². The van der Waals surface area contributed by atoms with Crippen LogP contribution in [-0.2, 0) is 4.79 Å². The Morgan fingerprint density at radius 2 is 1.77 bits per heavy atom. The SMILES string of the molecule is Cc1c(-c2ccc(Nn3c(=O)c3=O)cc2)sc(C(=O)O)c1OCC(=O)O. The van der Waals surface area contributed by atoms with E-state index in [4.69, 9.17) is 9.84 Å². The maximum Gasteiger partial charge on any atom is 0.349 e. The first-order valence-electron chi connectivity index (χ1n) is 7.26. The highest BCUT2D eigenvalue weighted by Gasteiger charge is 2.23. The van der Waals surface area contributed by atoms with Crippen LogP contribution >= 0.6 is 11.3 Å². The number of ether oxygens (including phenoxy) is 1. The first-order chi connectivity index (χ1) is 12.3. The van der Waals surface area contributed by atoms with Gasteiger partial charge in [0.25, 0.3) is 0 Å². The molecule has 0 fully saturated rings. The van der Waals surface area contributed by atoms with Crippen LogP contribution in [0.5, 0.6) is 5.75 Å². The molecule has 0 atom stereocenters. The molecule has 3 N–H and O–H groups in total. The Bertz CT molecular complexity index is 1050. The molecule has 26 heavy (non-hydrogen) atoms. The molecule has 0 radical (unpaired) electrons. The minimum Gasteiger partial charge on any atom is -0.480 e. The van der Waals surface area contributed by atoms with Crippen LogP contribution in [0.25, 0.3) is 10.4 Å². The molecule has 9 nitrogen and oxygen atoms in total. The minimum atomic E-state index is -1.21. The van der Waals surface area contributed by atoms with Crippen LogP contribution in [0.2, 0.25) is 0 Å². The van der Waals surface area contributed by atoms with Gasteiger partial charge in [0.05, 0.1) is 5.69 Å². The predicted octanol–water partition coefficient (Wildman–Crippen LogP) is 1.16. The highest BCUT2D eigenvalue weighted by Crippen LogP contribution is 2.41. The molecule has 3 aromatic rings. The predicted molar refractivity (Wildman–Crippen MR) is 92.9 cm³/mol. The lowest BCUT2D eigenvalue weighted by Gasteiger charge is -2.06. The number of carbonyl (C=O) groups is 2. The molecule has 134 valence electrons. The van der Waals surface area contributed by atoms with Crippen molar-refractivity contribution < 1.29 is 24.5 Å². The van der Waals surface area contributed by atoms with E-state index in [1.54, 1.807) is 31.2 Å². The van der Waals surface area contributed by atoms with E-state index in [9.17, 15) is 24.3 Å². The number of rotatable bonds is 7. The average Bonchev–Trinajstić information content (AvgIpc) is 3.01. The number of benzene rings is 1. The van der Waals surface area contributed by atoms with Crippen molar-refractivity contribution in [1.29, 1.82) is 0 Å². The van der Waals surface area contributed by atoms with Gasteiger partial charge in [-0.1, -0.05) is 12.1 Å². The maximum absolute atomic E-state index is 11.4. The van der Waals surface area contributed by atoms with Gasteiger partial charge in [-0.25, -0.2) is 9.59 Å². The largest absolute Gasteiger partial charge is 0.480 e. The maximum atomic E-state index is 11.4. The zero-order chi connectivity index (χ0) is 19.0. The van der Waals surface area contributed by atoms with Crippen molar-refractivity contribution in [3.8, 4) is 16.2 Å². The van der Waals surface area contributed by atoms with Crippen LogP contribution in [-0.4, -0.2) is 33.4 Å². The van der Waals surface area contributed by atoms with Crippen molar-refractivity contribution in [1.82, 2.24) is 4.68 Å². The number of hydrogen-bond acceptors (Lipinski definition) is 7. The quantitative estimate of drug-likeness (QED) is 0.523. The van der Waals surface area contributed by atoms with Gasteiger partial charge in [-0.3, -0.25) is 15.0 Å². The lowest BCUT2D eigenvalue weighted by molar-refractivity contribution is -0.139. The van der Waals surface area contributed by atoms with Gasteiger partial charge >= 0.3 is 23.1 Å². The van der Waals surface area contributed by atoms with E-state index in [-0.39, 0.29) is 10.6 Å². The second-order valence-electron chi connectivity index (χ2n) is 5.34. The second-order valence-corrected chi connectivity index (χ2v) is 6.36. The van der Waals surface area contributed by atoms with Gasteiger partial charge < -0.3 is 14.9 Å². The molecular formula is C16H12N2O7S. The van der Waals surface area contributed by atoms with Gasteiger partial charge in [0.1, 0.15) is 5.75 Å². The third kappa shape index (κ3) is 3.22. The van der Waals surface area contributed by atoms with Gasteiger partial charge in [0, 0.05) is 10.4 Å². The Morgan fingerprint density at radius 3 is 2.27 bits per heavy atom. The number of nitrogens with zero attached hydrogens (tertiary/aromatic N) is 1. The van der Waals surface area contributed by atoms with Crippen molar-refractivity contribution >= 4 is 29.0 Å². The molecule has 0 saturated carbocycles. The van der Waals surface area contributed by atoms with Crippen LogP contribution in [0.4, 0.5) is 5.69 Å². The molecule has 0 spiro atoms. The van der Waals surface area contributed by atoms with Gasteiger partial charge in [-0.2, -0.15) is 4.68 Å². The monoisotopic (exact) mass is 376 g/mol. The van der Waals surface area contributed by atoms with Gasteiger partial charge in [0.15, 0.2) is 11.5 Å². The summed E-state index contributed by atoms with van der Waals surface area (Å²) in [6.45, 7) is 1.01. The highest BCUT2D eigenvalue weighted by molar-refractivity contribution is 7.18. The molecule has 0 amide bonds. The fraction of sp³-hybridized carbons (Fsp3) is 0.125. The van der Waals surface area contributed by atoms with Crippen LogP contribution < -0.4 is 21.3 Å². The number of aliphatic carboxylic acids is 1. The van der Waals surface area contributed by atoms with E-state index >= 15 is 0 Å². The molecule has 0 aliphatic rings. The number of aromatic carboxylic acids is 1. The smallest absolute Gasteiger partial charge is 0.349 e. The Balaban J connectivity index is 1.90. The Morgan fingerprint density at radius 1 is 1.15 bits per heavy atom. The van der Waals surface area contributed by atoms with E-state index in [1.165, 1.54) is 0 Å². The van der Waals surface area contributed by atoms with Crippen molar-refractivity contribution in [2.45, 2.75) is 6.92 Å². The number of aromatic nitrogens is 1. The zero-order valence-corrected chi connectivity index (χ0v) is 14.1. The summed E-state index contributed by atoms with van der Waals surface area (Å²) in [5, 5.41) is 18.1. The third-order valence-electron chi connectivity index (χ3n) is 3.55. The Kier molecular flexibility index (Phi) is 4.34. The summed E-state index contributed by atoms with van der Waals surface area (Å²) >= 11 is 0.975. The second kappa shape index (κ2) is 6.48. The minimum absolute atomic E-state index is 0.0300. The van der Waals surface area contributed by atoms with Crippen molar-refractivity contribution in [2.24, 2.45) is 0 Å². The lowest BCUT2D eigenvalue weighted by atomic mass is 10.1. The first-order valence-corrected chi connectivity index (χ1v) is 8.08. The molecule has 3 rings (SSSR count). The van der Waals surface area contributed by atoms with Gasteiger partial charge in [-0.15, -0.1) is 11.3 Å². The summed E-state index contributed by atoms with van der Waals surface area (Å²) in [6, 6.07) is 6.63. The molecule has 0 bridgehead atoms. The molecule has 0 saturated heterocycles. The molecule has 0 unspecified atom stereocenters. The van der Waals surface area contributed by atoms with Crippen molar-refractivity contribution in [3.63, 3.8) is 0 Å². The summed E-state index contributed by atoms with van der Waals surface area (Å²) in [6.07, 6.45) is 0. The van der Waals surface area contributed by atoms with Crippen LogP contribution in [0, 0.1) is 6.92 Å². The molecule has 1 aromatic carbocycles. The summed E-state index contributed by atoms with van der Waals surface area (Å²) in [4.78, 5) is 44.6. The number of anilines is 1. The molecule has 2 aromatic heterocycles. The number of hydrogen-bond donors (Lipinski definition) is 3. The van der Waals surface area contributed by atoms with Crippen molar-refractivity contribution in [2.75, 3.05) is 12.0 Å². The van der Waals surface area contributed by atoms with Crippen LogP contribution in [0.15, 0.2) is 33.9 Å². The summed E-state index contributed by atoms with van der Waals surface area (Å²) in [5.74, 6) is -2.38. The molecule has 10 heteroatoms. The Labute approximate surface area is 149 Å². The van der Waals surface area contributed by atoms with Crippen molar-refractivity contribution in [3.05, 3.63) is 55.4 Å². The third-order valence-corrected chi connectivity index (χ3v) is 4.86. The van der Waals surface area contributed by atoms with Gasteiger partial charge in [-0.05, 0) is 24.6 Å². The van der Waals surface area contributed by atoms with E-state index in [0.717, 1.165) is 16.0 Å². The first kappa shape index (κ1) is 17.4. The normalized spacial score (nSPS) is 10.8. The summed E-state index contributed by atoms with van der Waals surface area (Å²) < 4.78 is 6.00. The average molecular weight is 376 g/mol. The lowest BCUT2D eigenvalue weighted by Crippen LogP contribution is -2.11. The fourth-order valence-corrected chi connectivity index (χ4v) is 3.38. The zero-order valence-electron chi connectivity index (χ0n) is 13.3. The van der Waals surface area contributed by atoms with E-state index in [2.05, 4.69) is 5.43 Å². The fourth-order valence-electron chi connectivity index (χ4n) is 2.28. The number of carboxylic acids is 2. The van der Waals surface area contributed by atoms with E-state index in [0.29, 0.717) is 21.7 Å².